The molecule has 4 rings (SSSR count). The predicted octanol–water partition coefficient (Wildman–Crippen LogP) is 0.858. The maximum Gasteiger partial charge on any atom is 0.343 e. The van der Waals surface area contributed by atoms with Crippen LogP contribution in [0.3, 0.4) is 0 Å². The topological polar surface area (TPSA) is 106 Å². The van der Waals surface area contributed by atoms with Crippen LogP contribution < -0.4 is 11.2 Å². The summed E-state index contributed by atoms with van der Waals surface area (Å²) >= 11 is 0. The highest BCUT2D eigenvalue weighted by atomic mass is 16.2. The van der Waals surface area contributed by atoms with Crippen LogP contribution in [0.15, 0.2) is 34.1 Å². The Labute approximate surface area is 160 Å². The van der Waals surface area contributed by atoms with E-state index >= 15 is 0 Å². The predicted molar refractivity (Wildman–Crippen MR) is 103 cm³/mol. The molecule has 0 spiro atoms. The number of carbonyl (C=O) groups is 1. The molecule has 1 saturated heterocycles. The van der Waals surface area contributed by atoms with Gasteiger partial charge in [0, 0.05) is 38.2 Å². The van der Waals surface area contributed by atoms with Crippen LogP contribution >= 0.6 is 0 Å². The van der Waals surface area contributed by atoms with Crippen molar-refractivity contribution in [2.45, 2.75) is 32.2 Å². The van der Waals surface area contributed by atoms with E-state index < -0.39 is 0 Å². The molecule has 0 bridgehead atoms. The van der Waals surface area contributed by atoms with Crippen molar-refractivity contribution < 1.29 is 4.79 Å². The molecule has 3 aromatic rings. The zero-order valence-corrected chi connectivity index (χ0v) is 15.9. The lowest BCUT2D eigenvalue weighted by atomic mass is 9.96. The average molecular weight is 382 g/mol. The molecule has 0 saturated carbocycles. The Morgan fingerprint density at radius 3 is 2.93 bits per heavy atom. The lowest BCUT2D eigenvalue weighted by Gasteiger charge is -2.32. The summed E-state index contributed by atoms with van der Waals surface area (Å²) in [6.45, 7) is 3.60. The van der Waals surface area contributed by atoms with Gasteiger partial charge in [-0.15, -0.1) is 0 Å². The summed E-state index contributed by atoms with van der Waals surface area (Å²) in [4.78, 5) is 43.1. The largest absolute Gasteiger partial charge is 0.343 e. The molecule has 146 valence electrons. The van der Waals surface area contributed by atoms with Crippen LogP contribution in [0.4, 0.5) is 0 Å². The van der Waals surface area contributed by atoms with Crippen LogP contribution in [0.1, 0.15) is 41.9 Å². The van der Waals surface area contributed by atoms with Gasteiger partial charge in [-0.05, 0) is 38.0 Å². The van der Waals surface area contributed by atoms with Gasteiger partial charge in [0.15, 0.2) is 0 Å². The fraction of sp³-hybridized carbons (Fsp3) is 0.421. The zero-order valence-electron chi connectivity index (χ0n) is 15.9. The van der Waals surface area contributed by atoms with Crippen molar-refractivity contribution >= 4 is 16.8 Å². The van der Waals surface area contributed by atoms with E-state index in [0.29, 0.717) is 41.9 Å². The minimum Gasteiger partial charge on any atom is -0.338 e. The number of hydrogen-bond donors (Lipinski definition) is 1. The lowest BCUT2D eigenvalue weighted by Crippen LogP contribution is -2.40. The Kier molecular flexibility index (Phi) is 4.58. The Bertz CT molecular complexity index is 1160. The standard InChI is InChI=1S/C19H22N6O3/c1-3-25-16(21-22-19(25)28)13-5-4-8-24(10-13)17(26)12-6-7-14-15(9-12)20-11-23(2)18(14)27/h6-7,9,11,13H,3-5,8,10H2,1-2H3,(H,22,28)/t13-/m0/s1. The number of piperidine rings is 1. The second-order valence-corrected chi connectivity index (χ2v) is 7.11. The van der Waals surface area contributed by atoms with Gasteiger partial charge < -0.3 is 9.47 Å². The number of aromatic nitrogens is 5. The second kappa shape index (κ2) is 7.06. The molecule has 0 radical (unpaired) electrons. The van der Waals surface area contributed by atoms with Crippen LogP contribution in [-0.4, -0.2) is 48.2 Å². The van der Waals surface area contributed by atoms with E-state index in [4.69, 9.17) is 0 Å². The third-order valence-corrected chi connectivity index (χ3v) is 5.34. The number of aromatic amines is 1. The van der Waals surface area contributed by atoms with Gasteiger partial charge in [-0.25, -0.2) is 14.9 Å². The molecule has 1 aromatic carbocycles. The normalized spacial score (nSPS) is 17.2. The summed E-state index contributed by atoms with van der Waals surface area (Å²) in [5.41, 5.74) is 0.652. The van der Waals surface area contributed by atoms with Crippen LogP contribution in [0.5, 0.6) is 0 Å². The van der Waals surface area contributed by atoms with E-state index in [1.165, 1.54) is 10.9 Å². The average Bonchev–Trinajstić information content (AvgIpc) is 3.10. The molecule has 9 heteroatoms. The molecule has 1 atom stereocenters. The van der Waals surface area contributed by atoms with E-state index in [1.54, 1.807) is 34.7 Å². The van der Waals surface area contributed by atoms with E-state index in [1.807, 2.05) is 6.92 Å². The summed E-state index contributed by atoms with van der Waals surface area (Å²) in [5, 5.41) is 7.17. The van der Waals surface area contributed by atoms with E-state index in [2.05, 4.69) is 15.2 Å². The third kappa shape index (κ3) is 3.02. The van der Waals surface area contributed by atoms with Gasteiger partial charge in [0.2, 0.25) is 0 Å². The first-order valence-corrected chi connectivity index (χ1v) is 9.39. The number of aryl methyl sites for hydroxylation is 1. The number of rotatable bonds is 3. The Morgan fingerprint density at radius 1 is 1.32 bits per heavy atom. The van der Waals surface area contributed by atoms with Gasteiger partial charge >= 0.3 is 5.69 Å². The van der Waals surface area contributed by atoms with Crippen molar-refractivity contribution in [3.8, 4) is 0 Å². The van der Waals surface area contributed by atoms with Crippen molar-refractivity contribution in [2.24, 2.45) is 7.05 Å². The number of amides is 1. The molecule has 0 unspecified atom stereocenters. The number of benzene rings is 1. The zero-order chi connectivity index (χ0) is 19.8. The van der Waals surface area contributed by atoms with Crippen molar-refractivity contribution in [3.63, 3.8) is 0 Å². The fourth-order valence-electron chi connectivity index (χ4n) is 3.85. The Balaban J connectivity index is 1.61. The maximum absolute atomic E-state index is 13.0. The Morgan fingerprint density at radius 2 is 2.14 bits per heavy atom. The number of carbonyl (C=O) groups excluding carboxylic acids is 1. The van der Waals surface area contributed by atoms with Crippen LogP contribution in [-0.2, 0) is 13.6 Å². The van der Waals surface area contributed by atoms with E-state index in [-0.39, 0.29) is 23.1 Å². The number of fused-ring (bicyclic) bond motifs is 1. The molecule has 3 heterocycles. The summed E-state index contributed by atoms with van der Waals surface area (Å²) < 4.78 is 3.03. The van der Waals surface area contributed by atoms with Crippen LogP contribution in [0.2, 0.25) is 0 Å². The van der Waals surface area contributed by atoms with E-state index in [9.17, 15) is 14.4 Å². The number of hydrogen-bond acceptors (Lipinski definition) is 5. The van der Waals surface area contributed by atoms with Crippen LogP contribution in [0.25, 0.3) is 10.9 Å². The second-order valence-electron chi connectivity index (χ2n) is 7.11. The first kappa shape index (κ1) is 18.1. The maximum atomic E-state index is 13.0. The minimum atomic E-state index is -0.219. The molecule has 0 aliphatic carbocycles. The number of nitrogens with one attached hydrogen (secondary N) is 1. The van der Waals surface area contributed by atoms with Crippen molar-refractivity contribution in [3.05, 3.63) is 56.8 Å². The third-order valence-electron chi connectivity index (χ3n) is 5.34. The van der Waals surface area contributed by atoms with Crippen molar-refractivity contribution in [1.29, 1.82) is 0 Å². The van der Waals surface area contributed by atoms with Gasteiger partial charge in [-0.3, -0.25) is 14.2 Å². The van der Waals surface area contributed by atoms with Gasteiger partial charge in [0.1, 0.15) is 5.82 Å². The lowest BCUT2D eigenvalue weighted by molar-refractivity contribution is 0.0703. The fourth-order valence-corrected chi connectivity index (χ4v) is 3.85. The van der Waals surface area contributed by atoms with E-state index in [0.717, 1.165) is 12.8 Å². The molecule has 28 heavy (non-hydrogen) atoms. The molecule has 1 aliphatic heterocycles. The summed E-state index contributed by atoms with van der Waals surface area (Å²) in [7, 11) is 1.65. The number of likely N-dealkylation sites (tertiary alicyclic amines) is 1. The van der Waals surface area contributed by atoms with Gasteiger partial charge in [-0.2, -0.15) is 5.10 Å². The highest BCUT2D eigenvalue weighted by Gasteiger charge is 2.29. The molecule has 1 N–H and O–H groups in total. The SMILES string of the molecule is CCn1c([C@H]2CCCN(C(=O)c3ccc4c(=O)n(C)cnc4c3)C2)n[nH]c1=O. The summed E-state index contributed by atoms with van der Waals surface area (Å²) in [5.74, 6) is 0.617. The molecule has 2 aromatic heterocycles. The molecular weight excluding hydrogens is 360 g/mol. The first-order chi connectivity index (χ1) is 13.5. The van der Waals surface area contributed by atoms with Crippen molar-refractivity contribution in [1.82, 2.24) is 29.2 Å². The summed E-state index contributed by atoms with van der Waals surface area (Å²) in [6.07, 6.45) is 3.17. The monoisotopic (exact) mass is 382 g/mol. The van der Waals surface area contributed by atoms with Gasteiger partial charge in [0.05, 0.1) is 17.2 Å². The highest BCUT2D eigenvalue weighted by molar-refractivity contribution is 5.97. The molecule has 9 nitrogen and oxygen atoms in total. The Hall–Kier alpha value is -3.23. The molecule has 1 amide bonds. The van der Waals surface area contributed by atoms with Gasteiger partial charge in [-0.1, -0.05) is 0 Å². The van der Waals surface area contributed by atoms with Crippen molar-refractivity contribution in [2.75, 3.05) is 13.1 Å². The number of nitrogens with zero attached hydrogens (tertiary/aromatic N) is 5. The summed E-state index contributed by atoms with van der Waals surface area (Å²) in [6, 6.07) is 4.99. The van der Waals surface area contributed by atoms with Gasteiger partial charge in [0.25, 0.3) is 11.5 Å². The highest BCUT2D eigenvalue weighted by Crippen LogP contribution is 2.26. The quantitative estimate of drug-likeness (QED) is 0.723. The number of H-pyrrole nitrogens is 1. The van der Waals surface area contributed by atoms with Crippen LogP contribution in [0, 0.1) is 0 Å². The molecule has 1 fully saturated rings. The minimum absolute atomic E-state index is 0.0162. The molecule has 1 aliphatic rings. The smallest absolute Gasteiger partial charge is 0.338 e. The first-order valence-electron chi connectivity index (χ1n) is 9.39. The molecular formula is C19H22N6O3.